The van der Waals surface area contributed by atoms with Crippen LogP contribution in [0.5, 0.6) is 0 Å². The van der Waals surface area contributed by atoms with E-state index in [-0.39, 0.29) is 17.3 Å². The van der Waals surface area contributed by atoms with Gasteiger partial charge in [0.25, 0.3) is 0 Å². The van der Waals surface area contributed by atoms with Gasteiger partial charge in [-0.25, -0.2) is 8.78 Å². The normalized spacial score (nSPS) is 10.3. The second-order valence-corrected chi connectivity index (χ2v) is 4.33. The Morgan fingerprint density at radius 1 is 1.41 bits per heavy atom. The Kier molecular flexibility index (Phi) is 5.93. The number of thioether (sulfide) groups is 1. The van der Waals surface area contributed by atoms with Gasteiger partial charge in [0, 0.05) is 24.6 Å². The highest BCUT2D eigenvalue weighted by molar-refractivity contribution is 7.99. The summed E-state index contributed by atoms with van der Waals surface area (Å²) in [6, 6.07) is 3.24. The number of hydrogen-bond donors (Lipinski definition) is 1. The predicted molar refractivity (Wildman–Crippen MR) is 64.2 cm³/mol. The van der Waals surface area contributed by atoms with E-state index in [0.29, 0.717) is 12.4 Å². The number of benzene rings is 1. The molecule has 0 aliphatic heterocycles. The molecule has 1 rings (SSSR count). The van der Waals surface area contributed by atoms with Gasteiger partial charge in [-0.2, -0.15) is 0 Å². The van der Waals surface area contributed by atoms with Gasteiger partial charge >= 0.3 is 0 Å². The maximum atomic E-state index is 12.8. The first-order valence-electron chi connectivity index (χ1n) is 4.95. The van der Waals surface area contributed by atoms with Gasteiger partial charge in [-0.15, -0.1) is 11.8 Å². The number of nitrogens with one attached hydrogen (secondary N) is 1. The van der Waals surface area contributed by atoms with Crippen LogP contribution < -0.4 is 5.32 Å². The number of amides is 1. The van der Waals surface area contributed by atoms with Crippen molar-refractivity contribution in [2.75, 3.05) is 30.5 Å². The van der Waals surface area contributed by atoms with E-state index in [0.717, 1.165) is 12.1 Å². The smallest absolute Gasteiger partial charge is 0.234 e. The molecule has 0 atom stereocenters. The second kappa shape index (κ2) is 7.24. The maximum Gasteiger partial charge on any atom is 0.234 e. The molecule has 0 radical (unpaired) electrons. The second-order valence-electron chi connectivity index (χ2n) is 3.22. The molecule has 1 aromatic rings. The highest BCUT2D eigenvalue weighted by Crippen LogP contribution is 2.13. The topological polar surface area (TPSA) is 38.3 Å². The first kappa shape index (κ1) is 13.9. The van der Waals surface area contributed by atoms with Gasteiger partial charge in [-0.3, -0.25) is 4.79 Å². The molecular formula is C11H13F2NO2S. The number of methoxy groups -OCH3 is 1. The molecule has 1 amide bonds. The lowest BCUT2D eigenvalue weighted by atomic mass is 10.3. The summed E-state index contributed by atoms with van der Waals surface area (Å²) in [6.07, 6.45) is 0. The van der Waals surface area contributed by atoms with Gasteiger partial charge in [0.05, 0.1) is 12.4 Å². The lowest BCUT2D eigenvalue weighted by molar-refractivity contribution is -0.113. The van der Waals surface area contributed by atoms with Crippen molar-refractivity contribution in [1.29, 1.82) is 0 Å². The molecule has 0 aliphatic rings. The summed E-state index contributed by atoms with van der Waals surface area (Å²) in [5, 5.41) is 2.48. The Morgan fingerprint density at radius 3 is 2.82 bits per heavy atom. The summed E-state index contributed by atoms with van der Waals surface area (Å²) in [5.74, 6) is -1.20. The number of anilines is 1. The molecular weight excluding hydrogens is 248 g/mol. The van der Waals surface area contributed by atoms with Gasteiger partial charge in [-0.05, 0) is 12.1 Å². The zero-order chi connectivity index (χ0) is 12.7. The van der Waals surface area contributed by atoms with Crippen LogP contribution in [-0.4, -0.2) is 31.1 Å². The zero-order valence-corrected chi connectivity index (χ0v) is 10.2. The van der Waals surface area contributed by atoms with Gasteiger partial charge in [-0.1, -0.05) is 0 Å². The van der Waals surface area contributed by atoms with Crippen molar-refractivity contribution in [3.05, 3.63) is 29.8 Å². The summed E-state index contributed by atoms with van der Waals surface area (Å²) in [7, 11) is 1.59. The van der Waals surface area contributed by atoms with Gasteiger partial charge in [0.2, 0.25) is 5.91 Å². The number of rotatable bonds is 6. The van der Waals surface area contributed by atoms with Crippen molar-refractivity contribution in [2.45, 2.75) is 0 Å². The Balaban J connectivity index is 2.37. The standard InChI is InChI=1S/C11H13F2NO2S/c1-16-4-5-17-7-11(15)14-8-2-3-9(12)10(13)6-8/h2-3,6H,4-5,7H2,1H3,(H,14,15). The van der Waals surface area contributed by atoms with E-state index in [1.807, 2.05) is 0 Å². The monoisotopic (exact) mass is 261 g/mol. The molecule has 0 bridgehead atoms. The van der Waals surface area contributed by atoms with Crippen LogP contribution in [-0.2, 0) is 9.53 Å². The molecule has 94 valence electrons. The van der Waals surface area contributed by atoms with Gasteiger partial charge < -0.3 is 10.1 Å². The van der Waals surface area contributed by atoms with Crippen LogP contribution in [0, 0.1) is 11.6 Å². The van der Waals surface area contributed by atoms with Gasteiger partial charge in [0.1, 0.15) is 0 Å². The van der Waals surface area contributed by atoms with Crippen LogP contribution in [0.3, 0.4) is 0 Å². The summed E-state index contributed by atoms with van der Waals surface area (Å²) >= 11 is 1.41. The fraction of sp³-hybridized carbons (Fsp3) is 0.364. The van der Waals surface area contributed by atoms with Crippen molar-refractivity contribution in [2.24, 2.45) is 0 Å². The van der Waals surface area contributed by atoms with Crippen molar-refractivity contribution < 1.29 is 18.3 Å². The molecule has 6 heteroatoms. The van der Waals surface area contributed by atoms with E-state index in [2.05, 4.69) is 5.32 Å². The molecule has 3 nitrogen and oxygen atoms in total. The molecule has 0 heterocycles. The first-order valence-corrected chi connectivity index (χ1v) is 6.10. The fourth-order valence-electron chi connectivity index (χ4n) is 1.08. The Labute approximate surface area is 103 Å². The highest BCUT2D eigenvalue weighted by atomic mass is 32.2. The molecule has 0 saturated carbocycles. The Bertz CT molecular complexity index is 388. The first-order chi connectivity index (χ1) is 8.13. The lowest BCUT2D eigenvalue weighted by Gasteiger charge is -2.05. The number of halogens is 2. The average Bonchev–Trinajstić information content (AvgIpc) is 2.30. The number of ether oxygens (including phenoxy) is 1. The summed E-state index contributed by atoms with van der Waals surface area (Å²) in [6.45, 7) is 0.573. The van der Waals surface area contributed by atoms with E-state index >= 15 is 0 Å². The van der Waals surface area contributed by atoms with Crippen molar-refractivity contribution in [1.82, 2.24) is 0 Å². The molecule has 0 saturated heterocycles. The molecule has 1 aromatic carbocycles. The lowest BCUT2D eigenvalue weighted by Crippen LogP contribution is -2.15. The van der Waals surface area contributed by atoms with Crippen LogP contribution >= 0.6 is 11.8 Å². The van der Waals surface area contributed by atoms with Crippen molar-refractivity contribution >= 4 is 23.4 Å². The molecule has 0 fully saturated rings. The Morgan fingerprint density at radius 2 is 2.18 bits per heavy atom. The van der Waals surface area contributed by atoms with E-state index in [4.69, 9.17) is 4.74 Å². The quantitative estimate of drug-likeness (QED) is 0.798. The minimum absolute atomic E-state index is 0.251. The van der Waals surface area contributed by atoms with Crippen molar-refractivity contribution in [3.8, 4) is 0 Å². The number of carbonyl (C=O) groups is 1. The third-order valence-electron chi connectivity index (χ3n) is 1.87. The van der Waals surface area contributed by atoms with Crippen LogP contribution in [0.4, 0.5) is 14.5 Å². The number of carbonyl (C=O) groups excluding carboxylic acids is 1. The molecule has 0 aliphatic carbocycles. The van der Waals surface area contributed by atoms with E-state index in [9.17, 15) is 13.6 Å². The zero-order valence-electron chi connectivity index (χ0n) is 9.33. The molecule has 0 spiro atoms. The van der Waals surface area contributed by atoms with E-state index in [1.54, 1.807) is 7.11 Å². The highest BCUT2D eigenvalue weighted by Gasteiger charge is 2.06. The maximum absolute atomic E-state index is 12.8. The third kappa shape index (κ3) is 5.14. The summed E-state index contributed by atoms with van der Waals surface area (Å²) < 4.78 is 30.3. The van der Waals surface area contributed by atoms with Crippen LogP contribution in [0.2, 0.25) is 0 Å². The van der Waals surface area contributed by atoms with E-state index < -0.39 is 11.6 Å². The van der Waals surface area contributed by atoms with Crippen LogP contribution in [0.15, 0.2) is 18.2 Å². The molecule has 0 unspecified atom stereocenters. The minimum atomic E-state index is -0.977. The predicted octanol–water partition coefficient (Wildman–Crippen LogP) is 2.28. The fourth-order valence-corrected chi connectivity index (χ4v) is 1.76. The van der Waals surface area contributed by atoms with E-state index in [1.165, 1.54) is 17.8 Å². The summed E-state index contributed by atoms with van der Waals surface area (Å²) in [4.78, 5) is 11.4. The molecule has 0 aromatic heterocycles. The molecule has 1 N–H and O–H groups in total. The summed E-state index contributed by atoms with van der Waals surface area (Å²) in [5.41, 5.74) is 0.251. The van der Waals surface area contributed by atoms with Crippen LogP contribution in [0.1, 0.15) is 0 Å². The largest absolute Gasteiger partial charge is 0.384 e. The Hall–Kier alpha value is -1.14. The third-order valence-corrected chi connectivity index (χ3v) is 2.79. The van der Waals surface area contributed by atoms with Crippen LogP contribution in [0.25, 0.3) is 0 Å². The molecule has 17 heavy (non-hydrogen) atoms. The number of hydrogen-bond acceptors (Lipinski definition) is 3. The van der Waals surface area contributed by atoms with Gasteiger partial charge in [0.15, 0.2) is 11.6 Å². The SMILES string of the molecule is COCCSCC(=O)Nc1ccc(F)c(F)c1. The minimum Gasteiger partial charge on any atom is -0.384 e. The average molecular weight is 261 g/mol. The van der Waals surface area contributed by atoms with Crippen molar-refractivity contribution in [3.63, 3.8) is 0 Å².